The molecule has 0 unspecified atom stereocenters. The van der Waals surface area contributed by atoms with E-state index < -0.39 is 0 Å². The lowest BCUT2D eigenvalue weighted by Crippen LogP contribution is -2.49. The third-order valence-electron chi connectivity index (χ3n) is 4.26. The largest absolute Gasteiger partial charge is 0.342 e. The minimum absolute atomic E-state index is 0.0353. The van der Waals surface area contributed by atoms with Crippen molar-refractivity contribution in [1.29, 1.82) is 0 Å². The maximum atomic E-state index is 12.3. The second-order valence-corrected chi connectivity index (χ2v) is 7.30. The molecule has 1 aromatic heterocycles. The molecular formula is C14H16Br2N2O2. The zero-order valence-corrected chi connectivity index (χ0v) is 14.4. The van der Waals surface area contributed by atoms with Gasteiger partial charge >= 0.3 is 0 Å². The molecule has 108 valence electrons. The van der Waals surface area contributed by atoms with Crippen LogP contribution in [-0.4, -0.2) is 28.5 Å². The summed E-state index contributed by atoms with van der Waals surface area (Å²) in [7, 11) is 0. The summed E-state index contributed by atoms with van der Waals surface area (Å²) in [5.74, 6) is 0.854. The molecule has 2 aliphatic rings. The number of amides is 1. The summed E-state index contributed by atoms with van der Waals surface area (Å²) in [6, 6.07) is 1.83. The van der Waals surface area contributed by atoms with Crippen molar-refractivity contribution >= 4 is 37.8 Å². The van der Waals surface area contributed by atoms with E-state index in [1.165, 1.54) is 0 Å². The van der Waals surface area contributed by atoms with Crippen LogP contribution in [-0.2, 0) is 11.3 Å². The number of likely N-dealkylation sites (tertiary alicyclic amines) is 1. The normalized spacial score (nSPS) is 24.4. The number of nitrogens with zero attached hydrogens (tertiary/aromatic N) is 2. The lowest BCUT2D eigenvalue weighted by molar-refractivity contribution is -0.133. The Morgan fingerprint density at radius 1 is 1.30 bits per heavy atom. The van der Waals surface area contributed by atoms with Gasteiger partial charge in [-0.3, -0.25) is 9.59 Å². The van der Waals surface area contributed by atoms with E-state index in [4.69, 9.17) is 0 Å². The molecule has 2 atom stereocenters. The summed E-state index contributed by atoms with van der Waals surface area (Å²) in [4.78, 5) is 26.2. The maximum Gasteiger partial charge on any atom is 0.265 e. The van der Waals surface area contributed by atoms with Crippen molar-refractivity contribution in [3.8, 4) is 0 Å². The minimum atomic E-state index is 0.0353. The van der Waals surface area contributed by atoms with E-state index in [-0.39, 0.29) is 17.4 Å². The Labute approximate surface area is 134 Å². The predicted molar refractivity (Wildman–Crippen MR) is 83.8 cm³/mol. The van der Waals surface area contributed by atoms with E-state index in [1.54, 1.807) is 0 Å². The van der Waals surface area contributed by atoms with Crippen LogP contribution in [0.3, 0.4) is 0 Å². The van der Waals surface area contributed by atoms with Gasteiger partial charge in [0.25, 0.3) is 5.56 Å². The van der Waals surface area contributed by atoms with Gasteiger partial charge in [0.1, 0.15) is 0 Å². The second kappa shape index (κ2) is 5.30. The molecule has 3 rings (SSSR count). The smallest absolute Gasteiger partial charge is 0.265 e. The van der Waals surface area contributed by atoms with Crippen LogP contribution in [0.4, 0.5) is 0 Å². The van der Waals surface area contributed by atoms with Crippen LogP contribution in [0.25, 0.3) is 0 Å². The first-order chi connectivity index (χ1) is 9.51. The topological polar surface area (TPSA) is 42.3 Å². The van der Waals surface area contributed by atoms with Crippen LogP contribution in [0.5, 0.6) is 0 Å². The molecule has 6 heteroatoms. The van der Waals surface area contributed by atoms with Crippen LogP contribution >= 0.6 is 31.9 Å². The highest BCUT2D eigenvalue weighted by Gasteiger charge is 2.37. The molecule has 4 nitrogen and oxygen atoms in total. The van der Waals surface area contributed by atoms with Crippen LogP contribution < -0.4 is 5.56 Å². The van der Waals surface area contributed by atoms with Crippen molar-refractivity contribution in [2.45, 2.75) is 32.2 Å². The van der Waals surface area contributed by atoms with Crippen LogP contribution in [0, 0.1) is 5.92 Å². The molecule has 0 saturated carbocycles. The van der Waals surface area contributed by atoms with Gasteiger partial charge in [-0.05, 0) is 50.3 Å². The SMILES string of the molecule is CCC(=O)N1C[C@@H]2C[C@H](C1)c1c(Br)cc(Br)c(=O)n1C2. The standard InChI is InChI=1S/C14H16Br2N2O2/c1-2-12(19)17-5-8-3-9(7-17)13-10(15)4-11(16)14(20)18(13)6-8/h4,8-9H,2-3,5-7H2,1H3/t8-,9+/m0/s1. The summed E-state index contributed by atoms with van der Waals surface area (Å²) in [5, 5.41) is 0. The van der Waals surface area contributed by atoms with Crippen molar-refractivity contribution in [3.05, 3.63) is 31.1 Å². The molecule has 1 saturated heterocycles. The molecule has 0 aromatic carbocycles. The van der Waals surface area contributed by atoms with Crippen LogP contribution in [0.2, 0.25) is 0 Å². The molecule has 1 aromatic rings. The molecule has 3 heterocycles. The average molecular weight is 404 g/mol. The molecule has 0 aliphatic carbocycles. The van der Waals surface area contributed by atoms with E-state index in [0.717, 1.165) is 29.7 Å². The molecular weight excluding hydrogens is 388 g/mol. The van der Waals surface area contributed by atoms with Gasteiger partial charge in [-0.1, -0.05) is 6.92 Å². The Morgan fingerprint density at radius 3 is 2.75 bits per heavy atom. The van der Waals surface area contributed by atoms with E-state index in [1.807, 2.05) is 22.5 Å². The van der Waals surface area contributed by atoms with Gasteiger partial charge in [0.15, 0.2) is 0 Å². The van der Waals surface area contributed by atoms with Crippen molar-refractivity contribution < 1.29 is 4.79 Å². The van der Waals surface area contributed by atoms with E-state index in [9.17, 15) is 9.59 Å². The fraction of sp³-hybridized carbons (Fsp3) is 0.571. The first kappa shape index (κ1) is 14.3. The monoisotopic (exact) mass is 402 g/mol. The average Bonchev–Trinajstić information content (AvgIpc) is 2.42. The molecule has 0 N–H and O–H groups in total. The van der Waals surface area contributed by atoms with Crippen molar-refractivity contribution in [2.75, 3.05) is 13.1 Å². The highest BCUT2D eigenvalue weighted by atomic mass is 79.9. The quantitative estimate of drug-likeness (QED) is 0.723. The molecule has 1 fully saturated rings. The highest BCUT2D eigenvalue weighted by Crippen LogP contribution is 2.39. The number of carbonyl (C=O) groups excluding carboxylic acids is 1. The van der Waals surface area contributed by atoms with Crippen molar-refractivity contribution in [1.82, 2.24) is 9.47 Å². The fourth-order valence-electron chi connectivity index (χ4n) is 3.43. The summed E-state index contributed by atoms with van der Waals surface area (Å²) in [6.45, 7) is 4.11. The van der Waals surface area contributed by atoms with Gasteiger partial charge < -0.3 is 9.47 Å². The van der Waals surface area contributed by atoms with Gasteiger partial charge in [0.05, 0.1) is 4.47 Å². The number of rotatable bonds is 1. The van der Waals surface area contributed by atoms with E-state index in [2.05, 4.69) is 31.9 Å². The summed E-state index contributed by atoms with van der Waals surface area (Å²) in [5.41, 5.74) is 1.08. The number of pyridine rings is 1. The number of carbonyl (C=O) groups is 1. The molecule has 0 spiro atoms. The third kappa shape index (κ3) is 2.26. The Balaban J connectivity index is 2.04. The Morgan fingerprint density at radius 2 is 2.05 bits per heavy atom. The number of hydrogen-bond donors (Lipinski definition) is 0. The van der Waals surface area contributed by atoms with Crippen LogP contribution in [0.1, 0.15) is 31.4 Å². The number of fused-ring (bicyclic) bond motifs is 4. The summed E-state index contributed by atoms with van der Waals surface area (Å²) < 4.78 is 3.42. The summed E-state index contributed by atoms with van der Waals surface area (Å²) in [6.07, 6.45) is 1.61. The molecule has 0 radical (unpaired) electrons. The predicted octanol–water partition coefficient (Wildman–Crippen LogP) is 2.73. The zero-order valence-electron chi connectivity index (χ0n) is 11.2. The first-order valence-electron chi connectivity index (χ1n) is 6.87. The summed E-state index contributed by atoms with van der Waals surface area (Å²) >= 11 is 6.90. The lowest BCUT2D eigenvalue weighted by Gasteiger charge is -2.43. The first-order valence-corrected chi connectivity index (χ1v) is 8.46. The zero-order chi connectivity index (χ0) is 14.4. The number of piperidine rings is 1. The van der Waals surface area contributed by atoms with Gasteiger partial charge in [0.2, 0.25) is 5.91 Å². The number of aromatic nitrogens is 1. The van der Waals surface area contributed by atoms with Crippen LogP contribution in [0.15, 0.2) is 19.8 Å². The Kier molecular flexibility index (Phi) is 3.79. The molecule has 2 bridgehead atoms. The van der Waals surface area contributed by atoms with Crippen molar-refractivity contribution in [3.63, 3.8) is 0 Å². The van der Waals surface area contributed by atoms with Gasteiger partial charge in [-0.15, -0.1) is 0 Å². The van der Waals surface area contributed by atoms with Gasteiger partial charge in [0, 0.05) is 42.1 Å². The Bertz CT molecular complexity index is 626. The number of hydrogen-bond acceptors (Lipinski definition) is 2. The minimum Gasteiger partial charge on any atom is -0.342 e. The fourth-order valence-corrected chi connectivity index (χ4v) is 4.95. The lowest BCUT2D eigenvalue weighted by atomic mass is 9.83. The van der Waals surface area contributed by atoms with Gasteiger partial charge in [-0.25, -0.2) is 0 Å². The second-order valence-electron chi connectivity index (χ2n) is 5.59. The Hall–Kier alpha value is -0.620. The third-order valence-corrected chi connectivity index (χ3v) is 5.46. The van der Waals surface area contributed by atoms with Gasteiger partial charge in [-0.2, -0.15) is 0 Å². The van der Waals surface area contributed by atoms with Crippen molar-refractivity contribution in [2.24, 2.45) is 5.92 Å². The van der Waals surface area contributed by atoms with E-state index >= 15 is 0 Å². The molecule has 2 aliphatic heterocycles. The number of halogens is 2. The van der Waals surface area contributed by atoms with E-state index in [0.29, 0.717) is 23.4 Å². The molecule has 1 amide bonds. The highest BCUT2D eigenvalue weighted by molar-refractivity contribution is 9.11. The maximum absolute atomic E-state index is 12.3. The molecule has 20 heavy (non-hydrogen) atoms.